The number of hydrogen-bond acceptors (Lipinski definition) is 5. The molecule has 184 valence electrons. The van der Waals surface area contributed by atoms with E-state index < -0.39 is 17.8 Å². The Morgan fingerprint density at radius 3 is 2.31 bits per heavy atom. The molecular formula is C25H24Cl2FN3O3S. The highest BCUT2D eigenvalue weighted by Crippen LogP contribution is 2.36. The van der Waals surface area contributed by atoms with Crippen LogP contribution in [0.25, 0.3) is 0 Å². The van der Waals surface area contributed by atoms with Crippen LogP contribution in [0.15, 0.2) is 48.5 Å². The number of nitrogens with one attached hydrogen (secondary N) is 1. The maximum Gasteiger partial charge on any atom is 0.280 e. The number of anilines is 1. The number of amides is 2. The lowest BCUT2D eigenvalue weighted by Crippen LogP contribution is -2.47. The predicted molar refractivity (Wildman–Crippen MR) is 136 cm³/mol. The minimum Gasteiger partial charge on any atom is -0.497 e. The summed E-state index contributed by atoms with van der Waals surface area (Å²) in [6, 6.07) is 11.1. The van der Waals surface area contributed by atoms with Gasteiger partial charge in [0, 0.05) is 11.7 Å². The Kier molecular flexibility index (Phi) is 8.26. The number of halogens is 3. The summed E-state index contributed by atoms with van der Waals surface area (Å²) in [5.41, 5.74) is 0.806. The molecule has 1 aliphatic rings. The quantitative estimate of drug-likeness (QED) is 0.378. The molecule has 1 N–H and O–H groups in total. The number of nitrogens with zero attached hydrogens (tertiary/aromatic N) is 2. The van der Waals surface area contributed by atoms with Crippen molar-refractivity contribution >= 4 is 52.2 Å². The Hall–Kier alpha value is -2.68. The van der Waals surface area contributed by atoms with E-state index in [1.807, 2.05) is 0 Å². The third kappa shape index (κ3) is 5.77. The van der Waals surface area contributed by atoms with Crippen LogP contribution in [-0.4, -0.2) is 29.3 Å². The monoisotopic (exact) mass is 535 g/mol. The fraction of sp³-hybridized carbons (Fsp3) is 0.320. The van der Waals surface area contributed by atoms with E-state index in [1.54, 1.807) is 24.3 Å². The molecule has 35 heavy (non-hydrogen) atoms. The SMILES string of the molecule is COc1ccc(N(C(=O)c2nsc(Cl)c2Cl)[C@@H](C(=O)NC2CCCCC2)c2ccc(F)cc2)cc1. The number of benzene rings is 2. The van der Waals surface area contributed by atoms with Gasteiger partial charge in [0.2, 0.25) is 5.91 Å². The summed E-state index contributed by atoms with van der Waals surface area (Å²) in [6.07, 6.45) is 4.92. The first-order valence-corrected chi connectivity index (χ1v) is 12.8. The van der Waals surface area contributed by atoms with Gasteiger partial charge in [-0.2, -0.15) is 4.37 Å². The molecule has 1 aromatic heterocycles. The van der Waals surface area contributed by atoms with Gasteiger partial charge in [0.05, 0.1) is 7.11 Å². The molecule has 1 atom stereocenters. The summed E-state index contributed by atoms with van der Waals surface area (Å²) in [6.45, 7) is 0. The molecule has 1 saturated carbocycles. The second-order valence-corrected chi connectivity index (χ2v) is 10.0. The summed E-state index contributed by atoms with van der Waals surface area (Å²) in [7, 11) is 1.54. The number of aromatic nitrogens is 1. The van der Waals surface area contributed by atoms with E-state index >= 15 is 0 Å². The highest BCUT2D eigenvalue weighted by atomic mass is 35.5. The summed E-state index contributed by atoms with van der Waals surface area (Å²) in [5, 5.41) is 3.12. The zero-order valence-electron chi connectivity index (χ0n) is 19.0. The molecule has 0 bridgehead atoms. The van der Waals surface area contributed by atoms with Crippen LogP contribution in [0.4, 0.5) is 10.1 Å². The lowest BCUT2D eigenvalue weighted by molar-refractivity contribution is -0.123. The number of rotatable bonds is 7. The molecule has 2 aromatic carbocycles. The topological polar surface area (TPSA) is 71.5 Å². The van der Waals surface area contributed by atoms with E-state index in [0.29, 0.717) is 17.0 Å². The number of methoxy groups -OCH3 is 1. The zero-order chi connectivity index (χ0) is 24.9. The molecule has 0 saturated heterocycles. The fourth-order valence-electron chi connectivity index (χ4n) is 4.22. The highest BCUT2D eigenvalue weighted by molar-refractivity contribution is 7.11. The maximum atomic E-state index is 13.9. The van der Waals surface area contributed by atoms with Crippen LogP contribution in [0.5, 0.6) is 5.75 Å². The molecule has 6 nitrogen and oxygen atoms in total. The Labute approximate surface area is 217 Å². The second kappa shape index (κ2) is 11.4. The average molecular weight is 536 g/mol. The van der Waals surface area contributed by atoms with E-state index in [1.165, 1.54) is 36.3 Å². The van der Waals surface area contributed by atoms with Gasteiger partial charge < -0.3 is 10.1 Å². The molecule has 2 amide bonds. The first kappa shape index (κ1) is 25.4. The van der Waals surface area contributed by atoms with Crippen LogP contribution < -0.4 is 15.0 Å². The van der Waals surface area contributed by atoms with E-state index in [9.17, 15) is 14.0 Å². The van der Waals surface area contributed by atoms with Crippen LogP contribution in [0.1, 0.15) is 54.2 Å². The van der Waals surface area contributed by atoms with Crippen molar-refractivity contribution in [1.29, 1.82) is 0 Å². The summed E-state index contributed by atoms with van der Waals surface area (Å²) < 4.78 is 23.3. The molecule has 4 rings (SSSR count). The van der Waals surface area contributed by atoms with E-state index in [4.69, 9.17) is 27.9 Å². The minimum atomic E-state index is -1.10. The minimum absolute atomic E-state index is 0.00400. The molecule has 0 spiro atoms. The average Bonchev–Trinajstić information content (AvgIpc) is 3.21. The van der Waals surface area contributed by atoms with Crippen molar-refractivity contribution in [2.45, 2.75) is 44.2 Å². The molecule has 0 aliphatic heterocycles. The van der Waals surface area contributed by atoms with Crippen molar-refractivity contribution in [2.75, 3.05) is 12.0 Å². The van der Waals surface area contributed by atoms with Crippen molar-refractivity contribution in [1.82, 2.24) is 9.69 Å². The zero-order valence-corrected chi connectivity index (χ0v) is 21.3. The van der Waals surface area contributed by atoms with Gasteiger partial charge in [0.1, 0.15) is 27.0 Å². The standard InChI is InChI=1S/C25H24Cl2FN3O3S/c1-34-19-13-11-18(12-14-19)31(25(33)21-20(26)23(27)35-30-21)22(15-7-9-16(28)10-8-15)24(32)29-17-5-3-2-4-6-17/h7-14,17,22H,2-6H2,1H3,(H,29,32)/t22-/m1/s1. The van der Waals surface area contributed by atoms with Crippen LogP contribution in [0, 0.1) is 5.82 Å². The molecule has 3 aromatic rings. The summed E-state index contributed by atoms with van der Waals surface area (Å²) >= 11 is 13.3. The van der Waals surface area contributed by atoms with Gasteiger partial charge in [-0.1, -0.05) is 54.6 Å². The first-order chi connectivity index (χ1) is 16.9. The van der Waals surface area contributed by atoms with Crippen LogP contribution in [-0.2, 0) is 4.79 Å². The van der Waals surface area contributed by atoms with E-state index in [-0.39, 0.29) is 27.0 Å². The van der Waals surface area contributed by atoms with E-state index in [0.717, 1.165) is 43.6 Å². The largest absolute Gasteiger partial charge is 0.497 e. The number of carbonyl (C=O) groups is 2. The van der Waals surface area contributed by atoms with E-state index in [2.05, 4.69) is 9.69 Å². The van der Waals surface area contributed by atoms with Gasteiger partial charge in [-0.05, 0) is 66.3 Å². The summed E-state index contributed by atoms with van der Waals surface area (Å²) in [5.74, 6) is -0.834. The Bertz CT molecular complexity index is 1180. The number of hydrogen-bond donors (Lipinski definition) is 1. The molecule has 10 heteroatoms. The molecule has 1 heterocycles. The molecule has 0 unspecified atom stereocenters. The second-order valence-electron chi connectivity index (χ2n) is 8.29. The van der Waals surface area contributed by atoms with Crippen LogP contribution in [0.3, 0.4) is 0 Å². The van der Waals surface area contributed by atoms with Crippen LogP contribution in [0.2, 0.25) is 9.36 Å². The molecular weight excluding hydrogens is 512 g/mol. The lowest BCUT2D eigenvalue weighted by atomic mass is 9.94. The normalized spacial score (nSPS) is 14.9. The number of ether oxygens (including phenoxy) is 1. The van der Waals surface area contributed by atoms with Crippen molar-refractivity contribution < 1.29 is 18.7 Å². The third-order valence-corrected chi connectivity index (χ3v) is 7.62. The Morgan fingerprint density at radius 1 is 1.09 bits per heavy atom. The van der Waals surface area contributed by atoms with Gasteiger partial charge in [-0.15, -0.1) is 0 Å². The Balaban J connectivity index is 1.81. The van der Waals surface area contributed by atoms with Gasteiger partial charge in [0.25, 0.3) is 5.91 Å². The maximum absolute atomic E-state index is 13.9. The highest BCUT2D eigenvalue weighted by Gasteiger charge is 2.36. The third-order valence-electron chi connectivity index (χ3n) is 6.01. The van der Waals surface area contributed by atoms with Crippen molar-refractivity contribution in [3.05, 3.63) is 75.0 Å². The Morgan fingerprint density at radius 2 is 1.74 bits per heavy atom. The van der Waals surface area contributed by atoms with Gasteiger partial charge in [-0.3, -0.25) is 14.5 Å². The molecule has 0 radical (unpaired) electrons. The smallest absolute Gasteiger partial charge is 0.280 e. The summed E-state index contributed by atoms with van der Waals surface area (Å²) in [4.78, 5) is 28.9. The molecule has 1 aliphatic carbocycles. The van der Waals surface area contributed by atoms with Crippen molar-refractivity contribution in [3.8, 4) is 5.75 Å². The fourth-order valence-corrected chi connectivity index (χ4v) is 5.21. The predicted octanol–water partition coefficient (Wildman–Crippen LogP) is 6.43. The van der Waals surface area contributed by atoms with Gasteiger partial charge in [0.15, 0.2) is 5.69 Å². The van der Waals surface area contributed by atoms with Gasteiger partial charge >= 0.3 is 0 Å². The lowest BCUT2D eigenvalue weighted by Gasteiger charge is -2.33. The van der Waals surface area contributed by atoms with Crippen molar-refractivity contribution in [2.24, 2.45) is 0 Å². The molecule has 1 fully saturated rings. The number of carbonyl (C=O) groups excluding carboxylic acids is 2. The van der Waals surface area contributed by atoms with Crippen molar-refractivity contribution in [3.63, 3.8) is 0 Å². The van der Waals surface area contributed by atoms with Gasteiger partial charge in [-0.25, -0.2) is 4.39 Å². The van der Waals surface area contributed by atoms with Crippen LogP contribution >= 0.6 is 34.7 Å². The first-order valence-electron chi connectivity index (χ1n) is 11.2.